The van der Waals surface area contributed by atoms with E-state index in [-0.39, 0.29) is 6.54 Å². The Labute approximate surface area is 129 Å². The quantitative estimate of drug-likeness (QED) is 0.888. The topological polar surface area (TPSA) is 75.4 Å². The molecule has 0 fully saturated rings. The summed E-state index contributed by atoms with van der Waals surface area (Å²) in [5.41, 5.74) is 8.12. The predicted molar refractivity (Wildman–Crippen MR) is 86.4 cm³/mol. The maximum absolute atomic E-state index is 11.8. The molecule has 3 N–H and O–H groups in total. The van der Waals surface area contributed by atoms with Crippen LogP contribution in [0.5, 0.6) is 0 Å². The minimum Gasteiger partial charge on any atom is -0.358 e. The molecule has 0 atom stereocenters. The molecule has 0 saturated heterocycles. The van der Waals surface area contributed by atoms with Crippen molar-refractivity contribution in [2.75, 3.05) is 11.4 Å². The molecule has 0 spiro atoms. The van der Waals surface area contributed by atoms with Gasteiger partial charge < -0.3 is 10.6 Å². The Balaban J connectivity index is 2.18. The molecule has 2 rings (SSSR count). The van der Waals surface area contributed by atoms with E-state index in [1.54, 1.807) is 0 Å². The monoisotopic (exact) mass is 297 g/mol. The number of urea groups is 1. The van der Waals surface area contributed by atoms with E-state index in [0.29, 0.717) is 6.54 Å². The summed E-state index contributed by atoms with van der Waals surface area (Å²) in [5, 5.41) is 2.10. The van der Waals surface area contributed by atoms with Gasteiger partial charge in [-0.15, -0.1) is 0 Å². The van der Waals surface area contributed by atoms with Crippen LogP contribution in [0.2, 0.25) is 0 Å². The van der Waals surface area contributed by atoms with E-state index in [1.165, 1.54) is 0 Å². The van der Waals surface area contributed by atoms with Gasteiger partial charge in [-0.2, -0.15) is 0 Å². The van der Waals surface area contributed by atoms with Gasteiger partial charge in [0.2, 0.25) is 5.91 Å². The van der Waals surface area contributed by atoms with Crippen LogP contribution in [0.15, 0.2) is 54.6 Å². The Morgan fingerprint density at radius 3 is 2.27 bits per heavy atom. The van der Waals surface area contributed by atoms with Crippen LogP contribution >= 0.6 is 0 Å². The molecule has 2 aromatic carbocycles. The smallest absolute Gasteiger partial charge is 0.318 e. The van der Waals surface area contributed by atoms with Gasteiger partial charge in [0.25, 0.3) is 0 Å². The molecule has 0 aliphatic rings. The van der Waals surface area contributed by atoms with Crippen molar-refractivity contribution in [2.24, 2.45) is 5.73 Å². The van der Waals surface area contributed by atoms with Crippen LogP contribution in [-0.4, -0.2) is 18.5 Å². The number of aryl methyl sites for hydroxylation is 1. The number of hydrogen-bond donors (Lipinski definition) is 2. The lowest BCUT2D eigenvalue weighted by molar-refractivity contribution is -0.118. The molecule has 0 heterocycles. The average molecular weight is 297 g/mol. The van der Waals surface area contributed by atoms with Crippen molar-refractivity contribution in [1.82, 2.24) is 5.32 Å². The van der Waals surface area contributed by atoms with Gasteiger partial charge >= 0.3 is 6.03 Å². The first-order chi connectivity index (χ1) is 10.5. The van der Waals surface area contributed by atoms with E-state index in [2.05, 4.69) is 5.32 Å². The van der Waals surface area contributed by atoms with Gasteiger partial charge in [0.15, 0.2) is 0 Å². The van der Waals surface area contributed by atoms with Crippen molar-refractivity contribution >= 4 is 17.6 Å². The third-order valence-electron chi connectivity index (χ3n) is 3.21. The Morgan fingerprint density at radius 2 is 1.68 bits per heavy atom. The van der Waals surface area contributed by atoms with Gasteiger partial charge in [0, 0.05) is 12.2 Å². The lowest BCUT2D eigenvalue weighted by Crippen LogP contribution is -2.42. The Morgan fingerprint density at radius 1 is 1.05 bits per heavy atom. The van der Waals surface area contributed by atoms with Crippen molar-refractivity contribution in [3.63, 3.8) is 0 Å². The molecule has 0 radical (unpaired) electrons. The second-order valence-corrected chi connectivity index (χ2v) is 5.09. The number of carbonyl (C=O) groups is 2. The summed E-state index contributed by atoms with van der Waals surface area (Å²) in [6, 6.07) is 16.9. The summed E-state index contributed by atoms with van der Waals surface area (Å²) in [6.45, 7) is 2.63. The first kappa shape index (κ1) is 15.6. The Kier molecular flexibility index (Phi) is 5.14. The highest BCUT2D eigenvalue weighted by Crippen LogP contribution is 2.17. The number of rotatable bonds is 5. The molecule has 0 aromatic heterocycles. The van der Waals surface area contributed by atoms with Crippen LogP contribution in [0.3, 0.4) is 0 Å². The molecular weight excluding hydrogens is 278 g/mol. The Bertz CT molecular complexity index is 639. The van der Waals surface area contributed by atoms with Crippen LogP contribution in [-0.2, 0) is 11.3 Å². The summed E-state index contributed by atoms with van der Waals surface area (Å²) < 4.78 is 0. The van der Waals surface area contributed by atoms with Gasteiger partial charge in [-0.1, -0.05) is 48.0 Å². The number of nitrogens with zero attached hydrogens (tertiary/aromatic N) is 1. The lowest BCUT2D eigenvalue weighted by Gasteiger charge is -2.24. The number of nitrogens with two attached hydrogens (primary N) is 1. The van der Waals surface area contributed by atoms with E-state index in [0.717, 1.165) is 16.8 Å². The van der Waals surface area contributed by atoms with Gasteiger partial charge in [-0.3, -0.25) is 10.1 Å². The second-order valence-electron chi connectivity index (χ2n) is 5.09. The van der Waals surface area contributed by atoms with E-state index in [4.69, 9.17) is 5.73 Å². The average Bonchev–Trinajstić information content (AvgIpc) is 2.47. The van der Waals surface area contributed by atoms with Crippen molar-refractivity contribution in [1.29, 1.82) is 0 Å². The first-order valence-electron chi connectivity index (χ1n) is 6.99. The van der Waals surface area contributed by atoms with Gasteiger partial charge in [0.05, 0.1) is 6.54 Å². The number of imide groups is 1. The fraction of sp³-hybridized carbons (Fsp3) is 0.176. The zero-order chi connectivity index (χ0) is 15.9. The molecule has 2 aromatic rings. The van der Waals surface area contributed by atoms with Gasteiger partial charge in [0.1, 0.15) is 0 Å². The normalized spacial score (nSPS) is 10.0. The van der Waals surface area contributed by atoms with Crippen molar-refractivity contribution in [3.05, 3.63) is 65.7 Å². The fourth-order valence-electron chi connectivity index (χ4n) is 2.15. The zero-order valence-electron chi connectivity index (χ0n) is 12.5. The molecule has 0 aliphatic carbocycles. The summed E-state index contributed by atoms with van der Waals surface area (Å²) in [5.74, 6) is -0.427. The first-order valence-corrected chi connectivity index (χ1v) is 6.99. The van der Waals surface area contributed by atoms with Crippen LogP contribution in [0.25, 0.3) is 0 Å². The zero-order valence-corrected chi connectivity index (χ0v) is 12.5. The molecule has 114 valence electrons. The molecule has 22 heavy (non-hydrogen) atoms. The number of benzene rings is 2. The van der Waals surface area contributed by atoms with E-state index >= 15 is 0 Å². The summed E-state index contributed by atoms with van der Waals surface area (Å²) >= 11 is 0. The lowest BCUT2D eigenvalue weighted by atomic mass is 10.1. The van der Waals surface area contributed by atoms with E-state index in [9.17, 15) is 9.59 Å². The number of hydrogen-bond acceptors (Lipinski definition) is 3. The number of anilines is 1. The number of primary amides is 1. The third kappa shape index (κ3) is 4.63. The highest BCUT2D eigenvalue weighted by atomic mass is 16.2. The molecular formula is C17H19N3O2. The van der Waals surface area contributed by atoms with Crippen LogP contribution in [0.1, 0.15) is 11.1 Å². The molecule has 5 heteroatoms. The summed E-state index contributed by atoms with van der Waals surface area (Å²) in [4.78, 5) is 24.5. The van der Waals surface area contributed by atoms with Crippen LogP contribution < -0.4 is 16.0 Å². The largest absolute Gasteiger partial charge is 0.358 e. The maximum Gasteiger partial charge on any atom is 0.318 e. The Hall–Kier alpha value is -2.82. The molecule has 0 saturated carbocycles. The standard InChI is InChI=1S/C17H19N3O2/c1-13-7-9-15(10-8-13)20(12-16(21)19-17(18)22)11-14-5-3-2-4-6-14/h2-10H,11-12H2,1H3,(H3,18,19,21,22). The molecule has 0 bridgehead atoms. The second kappa shape index (κ2) is 7.26. The minimum atomic E-state index is -0.839. The fourth-order valence-corrected chi connectivity index (χ4v) is 2.15. The SMILES string of the molecule is Cc1ccc(N(CC(=O)NC(N)=O)Cc2ccccc2)cc1. The highest BCUT2D eigenvalue weighted by molar-refractivity contribution is 5.95. The number of carbonyl (C=O) groups excluding carboxylic acids is 2. The molecule has 5 nitrogen and oxygen atoms in total. The van der Waals surface area contributed by atoms with Gasteiger partial charge in [-0.05, 0) is 24.6 Å². The van der Waals surface area contributed by atoms with Crippen molar-refractivity contribution in [2.45, 2.75) is 13.5 Å². The molecule has 0 unspecified atom stereocenters. The van der Waals surface area contributed by atoms with Crippen LogP contribution in [0, 0.1) is 6.92 Å². The number of nitrogens with one attached hydrogen (secondary N) is 1. The van der Waals surface area contributed by atoms with Crippen molar-refractivity contribution < 1.29 is 9.59 Å². The summed E-state index contributed by atoms with van der Waals surface area (Å²) in [6.07, 6.45) is 0. The predicted octanol–water partition coefficient (Wildman–Crippen LogP) is 2.20. The number of amides is 3. The van der Waals surface area contributed by atoms with Crippen LogP contribution in [0.4, 0.5) is 10.5 Å². The van der Waals surface area contributed by atoms with Crippen molar-refractivity contribution in [3.8, 4) is 0 Å². The molecule has 0 aliphatic heterocycles. The van der Waals surface area contributed by atoms with Gasteiger partial charge in [-0.25, -0.2) is 4.79 Å². The maximum atomic E-state index is 11.8. The minimum absolute atomic E-state index is 0.0564. The third-order valence-corrected chi connectivity index (χ3v) is 3.21. The van der Waals surface area contributed by atoms with E-state index < -0.39 is 11.9 Å². The molecule has 3 amide bonds. The summed E-state index contributed by atoms with van der Waals surface area (Å²) in [7, 11) is 0. The van der Waals surface area contributed by atoms with E-state index in [1.807, 2.05) is 66.4 Å². The highest BCUT2D eigenvalue weighted by Gasteiger charge is 2.13.